The zero-order chi connectivity index (χ0) is 16.3. The summed E-state index contributed by atoms with van der Waals surface area (Å²) in [5.74, 6) is 0. The van der Waals surface area contributed by atoms with Gasteiger partial charge in [-0.3, -0.25) is 0 Å². The van der Waals surface area contributed by atoms with Crippen LogP contribution in [0.15, 0.2) is 29.4 Å². The van der Waals surface area contributed by atoms with E-state index in [1.165, 1.54) is 12.1 Å². The van der Waals surface area contributed by atoms with Crippen LogP contribution in [0.5, 0.6) is 0 Å². The van der Waals surface area contributed by atoms with Gasteiger partial charge in [0.25, 0.3) is 0 Å². The van der Waals surface area contributed by atoms with Crippen LogP contribution in [0.3, 0.4) is 0 Å². The van der Waals surface area contributed by atoms with Gasteiger partial charge in [0, 0.05) is 0 Å². The summed E-state index contributed by atoms with van der Waals surface area (Å²) < 4.78 is 42.3. The largest absolute Gasteiger partial charge is 0.443 e. The van der Waals surface area contributed by atoms with Crippen LogP contribution >= 0.6 is 0 Å². The van der Waals surface area contributed by atoms with Gasteiger partial charge >= 0.3 is 12.3 Å². The molecule has 0 unspecified atom stereocenters. The molecule has 0 heterocycles. The number of hydrogen-bond donors (Lipinski definition) is 1. The number of carbonyl (C=O) groups excluding carboxylic acids is 1. The number of halogens is 3. The van der Waals surface area contributed by atoms with Crippen molar-refractivity contribution in [1.29, 1.82) is 0 Å². The molecule has 21 heavy (non-hydrogen) atoms. The number of hydrogen-bond acceptors (Lipinski definition) is 3. The molecule has 1 rings (SSSR count). The van der Waals surface area contributed by atoms with Crippen molar-refractivity contribution in [2.75, 3.05) is 0 Å². The number of amides is 1. The van der Waals surface area contributed by atoms with E-state index in [0.29, 0.717) is 11.3 Å². The molecule has 0 bridgehead atoms. The van der Waals surface area contributed by atoms with Gasteiger partial charge in [-0.05, 0) is 45.4 Å². The van der Waals surface area contributed by atoms with Crippen molar-refractivity contribution in [3.8, 4) is 0 Å². The Morgan fingerprint density at radius 3 is 2.10 bits per heavy atom. The summed E-state index contributed by atoms with van der Waals surface area (Å²) in [5, 5.41) is 3.78. The highest BCUT2D eigenvalue weighted by Gasteiger charge is 2.30. The fraction of sp³-hybridized carbons (Fsp3) is 0.429. The lowest BCUT2D eigenvalue weighted by molar-refractivity contribution is -0.137. The quantitative estimate of drug-likeness (QED) is 0.664. The van der Waals surface area contributed by atoms with Gasteiger partial charge in [-0.15, -0.1) is 0 Å². The minimum absolute atomic E-state index is 0.370. The first-order valence-electron chi connectivity index (χ1n) is 6.20. The monoisotopic (exact) mass is 302 g/mol. The van der Waals surface area contributed by atoms with Gasteiger partial charge in [0.05, 0.1) is 11.3 Å². The summed E-state index contributed by atoms with van der Waals surface area (Å²) in [7, 11) is 0. The van der Waals surface area contributed by atoms with Gasteiger partial charge in [0.2, 0.25) is 0 Å². The maximum Gasteiger partial charge on any atom is 0.428 e. The Hall–Kier alpha value is -2.05. The number of nitrogens with zero attached hydrogens (tertiary/aromatic N) is 1. The Morgan fingerprint density at radius 1 is 1.14 bits per heavy atom. The highest BCUT2D eigenvalue weighted by Crippen LogP contribution is 2.29. The van der Waals surface area contributed by atoms with Crippen LogP contribution in [0, 0.1) is 0 Å². The van der Waals surface area contributed by atoms with Crippen molar-refractivity contribution in [1.82, 2.24) is 5.43 Å². The third kappa shape index (κ3) is 5.85. The second-order valence-electron chi connectivity index (χ2n) is 5.39. The van der Waals surface area contributed by atoms with Crippen LogP contribution < -0.4 is 5.43 Å². The number of hydrazone groups is 1. The molecular formula is C14H17F3N2O2. The lowest BCUT2D eigenvalue weighted by atomic mass is 10.1. The molecule has 0 radical (unpaired) electrons. The Kier molecular flexibility index (Phi) is 4.98. The average molecular weight is 302 g/mol. The highest BCUT2D eigenvalue weighted by atomic mass is 19.4. The molecular weight excluding hydrogens is 285 g/mol. The Labute approximate surface area is 121 Å². The molecule has 0 aliphatic rings. The smallest absolute Gasteiger partial charge is 0.428 e. The van der Waals surface area contributed by atoms with E-state index in [9.17, 15) is 18.0 Å². The third-order valence-electron chi connectivity index (χ3n) is 2.34. The summed E-state index contributed by atoms with van der Waals surface area (Å²) >= 11 is 0. The first-order chi connectivity index (χ1) is 9.49. The maximum atomic E-state index is 12.4. The number of alkyl halides is 3. The molecule has 4 nitrogen and oxygen atoms in total. The zero-order valence-electron chi connectivity index (χ0n) is 12.2. The van der Waals surface area contributed by atoms with E-state index in [-0.39, 0.29) is 0 Å². The van der Waals surface area contributed by atoms with E-state index in [1.54, 1.807) is 27.7 Å². The number of nitrogens with one attached hydrogen (secondary N) is 1. The van der Waals surface area contributed by atoms with Crippen LogP contribution in [-0.2, 0) is 10.9 Å². The van der Waals surface area contributed by atoms with Crippen molar-refractivity contribution in [2.45, 2.75) is 39.5 Å². The first-order valence-corrected chi connectivity index (χ1v) is 6.20. The fourth-order valence-corrected chi connectivity index (χ4v) is 1.40. The summed E-state index contributed by atoms with van der Waals surface area (Å²) in [4.78, 5) is 11.4. The molecule has 0 fully saturated rings. The van der Waals surface area contributed by atoms with E-state index < -0.39 is 23.4 Å². The molecule has 1 aromatic carbocycles. The predicted molar refractivity (Wildman–Crippen MR) is 73.0 cm³/mol. The van der Waals surface area contributed by atoms with Crippen molar-refractivity contribution < 1.29 is 22.7 Å². The SMILES string of the molecule is C/C(=N/NC(=O)OC(C)(C)C)c1ccc(C(F)(F)F)cc1. The van der Waals surface area contributed by atoms with Crippen LogP contribution in [0.25, 0.3) is 0 Å². The summed E-state index contributed by atoms with van der Waals surface area (Å²) in [6, 6.07) is 4.50. The molecule has 116 valence electrons. The molecule has 0 aromatic heterocycles. The summed E-state index contributed by atoms with van der Waals surface area (Å²) in [6.07, 6.45) is -5.10. The normalized spacial score (nSPS) is 13.0. The molecule has 0 atom stereocenters. The molecule has 1 N–H and O–H groups in total. The predicted octanol–water partition coefficient (Wildman–Crippen LogP) is 3.95. The van der Waals surface area contributed by atoms with Gasteiger partial charge in [-0.2, -0.15) is 18.3 Å². The second kappa shape index (κ2) is 6.15. The van der Waals surface area contributed by atoms with E-state index >= 15 is 0 Å². The minimum atomic E-state index is -4.38. The lowest BCUT2D eigenvalue weighted by Crippen LogP contribution is -2.30. The lowest BCUT2D eigenvalue weighted by Gasteiger charge is -2.18. The van der Waals surface area contributed by atoms with Crippen LogP contribution in [0.1, 0.15) is 38.8 Å². The molecule has 0 aliphatic carbocycles. The van der Waals surface area contributed by atoms with Gasteiger partial charge < -0.3 is 4.74 Å². The molecule has 0 spiro atoms. The fourth-order valence-electron chi connectivity index (χ4n) is 1.40. The van der Waals surface area contributed by atoms with Crippen LogP contribution in [-0.4, -0.2) is 17.4 Å². The molecule has 1 aromatic rings. The Balaban J connectivity index is 2.73. The van der Waals surface area contributed by atoms with Crippen LogP contribution in [0.2, 0.25) is 0 Å². The van der Waals surface area contributed by atoms with Crippen molar-refractivity contribution in [3.05, 3.63) is 35.4 Å². The number of benzene rings is 1. The Bertz CT molecular complexity index is 529. The van der Waals surface area contributed by atoms with E-state index in [0.717, 1.165) is 12.1 Å². The molecule has 0 saturated carbocycles. The topological polar surface area (TPSA) is 50.7 Å². The maximum absolute atomic E-state index is 12.4. The third-order valence-corrected chi connectivity index (χ3v) is 2.34. The van der Waals surface area contributed by atoms with Crippen molar-refractivity contribution in [2.24, 2.45) is 5.10 Å². The van der Waals surface area contributed by atoms with Gasteiger partial charge in [0.15, 0.2) is 0 Å². The molecule has 0 saturated heterocycles. The van der Waals surface area contributed by atoms with Gasteiger partial charge in [-0.1, -0.05) is 12.1 Å². The highest BCUT2D eigenvalue weighted by molar-refractivity contribution is 5.99. The Morgan fingerprint density at radius 2 is 1.67 bits per heavy atom. The number of ether oxygens (including phenoxy) is 1. The molecule has 7 heteroatoms. The van der Waals surface area contributed by atoms with Gasteiger partial charge in [0.1, 0.15) is 5.60 Å². The molecule has 1 amide bonds. The van der Waals surface area contributed by atoms with E-state index in [1.807, 2.05) is 0 Å². The zero-order valence-corrected chi connectivity index (χ0v) is 12.2. The minimum Gasteiger partial charge on any atom is -0.443 e. The summed E-state index contributed by atoms with van der Waals surface area (Å²) in [5.41, 5.74) is 1.64. The van der Waals surface area contributed by atoms with Gasteiger partial charge in [-0.25, -0.2) is 10.2 Å². The van der Waals surface area contributed by atoms with Crippen molar-refractivity contribution >= 4 is 11.8 Å². The molecule has 0 aliphatic heterocycles. The average Bonchev–Trinajstić information content (AvgIpc) is 2.33. The van der Waals surface area contributed by atoms with E-state index in [2.05, 4.69) is 10.5 Å². The summed E-state index contributed by atoms with van der Waals surface area (Å²) in [6.45, 7) is 6.69. The van der Waals surface area contributed by atoms with Crippen molar-refractivity contribution in [3.63, 3.8) is 0 Å². The standard InChI is InChI=1S/C14H17F3N2O2/c1-9(18-19-12(20)21-13(2,3)4)10-5-7-11(8-6-10)14(15,16)17/h5-8H,1-4H3,(H,19,20)/b18-9-. The number of carbonyl (C=O) groups is 1. The second-order valence-corrected chi connectivity index (χ2v) is 5.39. The first kappa shape index (κ1) is 17.0. The van der Waals surface area contributed by atoms with E-state index in [4.69, 9.17) is 4.74 Å². The van der Waals surface area contributed by atoms with Crippen LogP contribution in [0.4, 0.5) is 18.0 Å². The number of rotatable bonds is 2.